The third-order valence-corrected chi connectivity index (χ3v) is 6.74. The number of benzene rings is 1. The fraction of sp³-hybridized carbons (Fsp3) is 0.565. The van der Waals surface area contributed by atoms with E-state index in [4.69, 9.17) is 14.6 Å². The van der Waals surface area contributed by atoms with Crippen LogP contribution in [0.4, 0.5) is 0 Å². The van der Waals surface area contributed by atoms with Crippen LogP contribution >= 0.6 is 22.6 Å². The molecular weight excluding hydrogens is 527 g/mol. The molecule has 9 heteroatoms. The minimum absolute atomic E-state index is 0.149. The van der Waals surface area contributed by atoms with Gasteiger partial charge in [-0.1, -0.05) is 19.3 Å². The van der Waals surface area contributed by atoms with E-state index in [0.717, 1.165) is 32.0 Å². The Hall–Kier alpha value is -1.69. The van der Waals surface area contributed by atoms with Crippen LogP contribution in [0.1, 0.15) is 48.9 Å². The molecule has 3 atom stereocenters. The summed E-state index contributed by atoms with van der Waals surface area (Å²) < 4.78 is 12.3. The van der Waals surface area contributed by atoms with Crippen LogP contribution in [0.5, 0.6) is 11.5 Å². The molecule has 32 heavy (non-hydrogen) atoms. The number of carbonyl (C=O) groups excluding carboxylic acids is 2. The molecule has 176 valence electrons. The highest BCUT2D eigenvalue weighted by Crippen LogP contribution is 2.36. The van der Waals surface area contributed by atoms with Gasteiger partial charge in [-0.2, -0.15) is 0 Å². The Morgan fingerprint density at radius 3 is 2.69 bits per heavy atom. The molecular formula is C23H31IN2O6. The lowest BCUT2D eigenvalue weighted by Crippen LogP contribution is -2.54. The number of methoxy groups -OCH3 is 1. The van der Waals surface area contributed by atoms with Crippen molar-refractivity contribution in [3.05, 3.63) is 32.9 Å². The molecule has 0 bridgehead atoms. The number of nitrogens with one attached hydrogen (secondary N) is 2. The van der Waals surface area contributed by atoms with Crippen LogP contribution in [0.2, 0.25) is 0 Å². The molecule has 1 amide bonds. The lowest BCUT2D eigenvalue weighted by atomic mass is 9.87. The van der Waals surface area contributed by atoms with Crippen molar-refractivity contribution in [2.45, 2.75) is 62.8 Å². The molecule has 2 aliphatic rings. The van der Waals surface area contributed by atoms with Gasteiger partial charge in [0, 0.05) is 29.8 Å². The maximum absolute atomic E-state index is 12.7. The Kier molecular flexibility index (Phi) is 9.33. The summed E-state index contributed by atoms with van der Waals surface area (Å²) in [5.41, 5.74) is 0.958. The van der Waals surface area contributed by atoms with E-state index in [9.17, 15) is 14.7 Å². The van der Waals surface area contributed by atoms with Crippen molar-refractivity contribution < 1.29 is 29.3 Å². The molecule has 3 rings (SSSR count). The van der Waals surface area contributed by atoms with Gasteiger partial charge in [-0.15, -0.1) is 0 Å². The second kappa shape index (κ2) is 12.0. The van der Waals surface area contributed by atoms with Crippen LogP contribution < -0.4 is 20.1 Å². The first-order valence-corrected chi connectivity index (χ1v) is 12.1. The summed E-state index contributed by atoms with van der Waals surface area (Å²) in [4.78, 5) is 23.8. The Labute approximate surface area is 201 Å². The summed E-state index contributed by atoms with van der Waals surface area (Å²) >= 11 is 2.06. The minimum Gasteiger partial charge on any atom is -0.493 e. The van der Waals surface area contributed by atoms with Crippen LogP contribution in [0.3, 0.4) is 0 Å². The standard InChI is InChI=1S/C23H31IN2O6/c1-31-20-10-14(13-28)9-17(24)22(20)32-19-12-15(23(30)25-7-8-27)11-18(21(19)29)26-16-5-3-2-4-6-16/h9-10,12-13,16,18-19,21,26-27,29H,2-8,11H2,1H3,(H,25,30)/t18-,19+,21+/m1/s1. The average molecular weight is 558 g/mol. The summed E-state index contributed by atoms with van der Waals surface area (Å²) in [7, 11) is 1.49. The van der Waals surface area contributed by atoms with Gasteiger partial charge < -0.3 is 30.3 Å². The first kappa shape index (κ1) is 24.9. The van der Waals surface area contributed by atoms with E-state index in [2.05, 4.69) is 33.2 Å². The van der Waals surface area contributed by atoms with Crippen LogP contribution in [0.25, 0.3) is 0 Å². The van der Waals surface area contributed by atoms with E-state index in [1.165, 1.54) is 13.5 Å². The van der Waals surface area contributed by atoms with Crippen molar-refractivity contribution in [2.75, 3.05) is 20.3 Å². The van der Waals surface area contributed by atoms with Crippen LogP contribution in [-0.2, 0) is 4.79 Å². The summed E-state index contributed by atoms with van der Waals surface area (Å²) in [5.74, 6) is 0.508. The Morgan fingerprint density at radius 2 is 2.03 bits per heavy atom. The van der Waals surface area contributed by atoms with Gasteiger partial charge in [0.2, 0.25) is 5.91 Å². The summed E-state index contributed by atoms with van der Waals surface area (Å²) in [6.07, 6.45) is 6.69. The van der Waals surface area contributed by atoms with Crippen molar-refractivity contribution in [1.29, 1.82) is 0 Å². The first-order valence-electron chi connectivity index (χ1n) is 11.0. The Balaban J connectivity index is 1.87. The van der Waals surface area contributed by atoms with Crippen molar-refractivity contribution in [3.63, 3.8) is 0 Å². The lowest BCUT2D eigenvalue weighted by Gasteiger charge is -2.37. The van der Waals surface area contributed by atoms with E-state index < -0.39 is 12.2 Å². The molecule has 0 aliphatic heterocycles. The van der Waals surface area contributed by atoms with Gasteiger partial charge in [0.1, 0.15) is 18.5 Å². The topological polar surface area (TPSA) is 117 Å². The number of hydrogen-bond donors (Lipinski definition) is 4. The highest BCUT2D eigenvalue weighted by molar-refractivity contribution is 14.1. The summed E-state index contributed by atoms with van der Waals surface area (Å²) in [5, 5.41) is 26.4. The zero-order valence-electron chi connectivity index (χ0n) is 18.2. The monoisotopic (exact) mass is 558 g/mol. The molecule has 2 aliphatic carbocycles. The van der Waals surface area contributed by atoms with Gasteiger partial charge in [0.15, 0.2) is 11.5 Å². The fourth-order valence-corrected chi connectivity index (χ4v) is 5.05. The Morgan fingerprint density at radius 1 is 1.28 bits per heavy atom. The van der Waals surface area contributed by atoms with Crippen molar-refractivity contribution in [1.82, 2.24) is 10.6 Å². The molecule has 0 spiro atoms. The third kappa shape index (κ3) is 6.21. The smallest absolute Gasteiger partial charge is 0.247 e. The van der Waals surface area contributed by atoms with Gasteiger partial charge in [0.05, 0.1) is 17.3 Å². The number of ether oxygens (including phenoxy) is 2. The molecule has 1 aromatic rings. The number of hydrogen-bond acceptors (Lipinski definition) is 7. The average Bonchev–Trinajstić information content (AvgIpc) is 2.81. The SMILES string of the molecule is COc1cc(C=O)cc(I)c1O[C@H]1C=C(C(=O)NCCO)C[C@@H](NC2CCCCC2)[C@@H]1O. The third-order valence-electron chi connectivity index (χ3n) is 5.94. The van der Waals surface area contributed by atoms with Gasteiger partial charge in [0.25, 0.3) is 0 Å². The molecule has 4 N–H and O–H groups in total. The van der Waals surface area contributed by atoms with E-state index >= 15 is 0 Å². The lowest BCUT2D eigenvalue weighted by molar-refractivity contribution is -0.118. The number of halogens is 1. The minimum atomic E-state index is -0.877. The zero-order chi connectivity index (χ0) is 23.1. The summed E-state index contributed by atoms with van der Waals surface area (Å²) in [6, 6.07) is 3.21. The first-order chi connectivity index (χ1) is 15.5. The van der Waals surface area contributed by atoms with Crippen LogP contribution in [0, 0.1) is 3.57 Å². The highest BCUT2D eigenvalue weighted by atomic mass is 127. The molecule has 0 heterocycles. The molecule has 0 unspecified atom stereocenters. The predicted octanol–water partition coefficient (Wildman–Crippen LogP) is 1.95. The quantitative estimate of drug-likeness (QED) is 0.271. The normalized spacial score (nSPS) is 23.9. The van der Waals surface area contributed by atoms with E-state index in [0.29, 0.717) is 38.7 Å². The van der Waals surface area contributed by atoms with E-state index in [1.54, 1.807) is 18.2 Å². The summed E-state index contributed by atoms with van der Waals surface area (Å²) in [6.45, 7) is 0.00759. The number of rotatable bonds is 9. The van der Waals surface area contributed by atoms with E-state index in [-0.39, 0.29) is 25.1 Å². The van der Waals surface area contributed by atoms with Crippen LogP contribution in [-0.4, -0.2) is 67.0 Å². The number of aliphatic hydroxyl groups is 2. The molecule has 0 radical (unpaired) electrons. The van der Waals surface area contributed by atoms with Crippen molar-refractivity contribution >= 4 is 34.8 Å². The zero-order valence-corrected chi connectivity index (χ0v) is 20.3. The largest absolute Gasteiger partial charge is 0.493 e. The van der Waals surface area contributed by atoms with Gasteiger partial charge in [-0.25, -0.2) is 0 Å². The van der Waals surface area contributed by atoms with Crippen molar-refractivity contribution in [3.8, 4) is 11.5 Å². The Bertz CT molecular complexity index is 840. The van der Waals surface area contributed by atoms with Gasteiger partial charge in [-0.3, -0.25) is 9.59 Å². The van der Waals surface area contributed by atoms with Gasteiger partial charge in [-0.05, 0) is 60.1 Å². The van der Waals surface area contributed by atoms with E-state index in [1.807, 2.05) is 0 Å². The maximum Gasteiger partial charge on any atom is 0.247 e. The number of aliphatic hydroxyl groups excluding tert-OH is 2. The molecule has 0 saturated heterocycles. The molecule has 1 fully saturated rings. The second-order valence-corrected chi connectivity index (χ2v) is 9.37. The number of aldehydes is 1. The van der Waals surface area contributed by atoms with Crippen molar-refractivity contribution in [2.24, 2.45) is 0 Å². The maximum atomic E-state index is 12.7. The second-order valence-electron chi connectivity index (χ2n) is 8.21. The molecule has 1 saturated carbocycles. The number of amides is 1. The highest BCUT2D eigenvalue weighted by Gasteiger charge is 2.37. The number of carbonyl (C=O) groups is 2. The molecule has 0 aromatic heterocycles. The molecule has 8 nitrogen and oxygen atoms in total. The van der Waals surface area contributed by atoms with Gasteiger partial charge >= 0.3 is 0 Å². The molecule has 1 aromatic carbocycles. The predicted molar refractivity (Wildman–Crippen MR) is 128 cm³/mol. The fourth-order valence-electron chi connectivity index (χ4n) is 4.29. The van der Waals surface area contributed by atoms with Crippen LogP contribution in [0.15, 0.2) is 23.8 Å².